The van der Waals surface area contributed by atoms with Crippen LogP contribution in [0.2, 0.25) is 5.15 Å². The van der Waals surface area contributed by atoms with E-state index in [1.54, 1.807) is 12.3 Å². The predicted molar refractivity (Wildman–Crippen MR) is 106 cm³/mol. The number of aryl methyl sites for hydroxylation is 2. The van der Waals surface area contributed by atoms with Gasteiger partial charge in [-0.05, 0) is 61.9 Å². The normalized spacial score (nSPS) is 10.8. The molecule has 27 heavy (non-hydrogen) atoms. The van der Waals surface area contributed by atoms with Gasteiger partial charge in [0, 0.05) is 11.4 Å². The second-order valence-corrected chi connectivity index (χ2v) is 6.45. The minimum Gasteiger partial charge on any atom is -0.455 e. The van der Waals surface area contributed by atoms with E-state index in [0.717, 1.165) is 28.2 Å². The molecule has 0 fully saturated rings. The summed E-state index contributed by atoms with van der Waals surface area (Å²) in [4.78, 5) is 17.1. The number of hydrogen-bond donors (Lipinski definition) is 1. The molecule has 0 aliphatic carbocycles. The lowest BCUT2D eigenvalue weighted by atomic mass is 10.2. The topological polar surface area (TPSA) is 72.8 Å². The zero-order valence-electron chi connectivity index (χ0n) is 14.8. The Morgan fingerprint density at radius 3 is 2.63 bits per heavy atom. The predicted octanol–water partition coefficient (Wildman–Crippen LogP) is 5.23. The fraction of sp³-hybridized carbons (Fsp3) is 0.100. The number of aromatic nitrogens is 4. The van der Waals surface area contributed by atoms with Gasteiger partial charge >= 0.3 is 0 Å². The standard InChI is InChI=1S/C20H16ClN5O/c1-12-9-14(4-7-17(12)27-15-5-3-13(2)22-10-15)25-20-19-16(23-11-24-20)6-8-18(21)26-19/h3-11H,1-2H3,(H,23,24,25). The molecular formula is C20H16ClN5O. The van der Waals surface area contributed by atoms with Crippen molar-refractivity contribution in [1.82, 2.24) is 19.9 Å². The minimum absolute atomic E-state index is 0.395. The van der Waals surface area contributed by atoms with Crippen LogP contribution in [-0.2, 0) is 0 Å². The Labute approximate surface area is 161 Å². The molecule has 1 N–H and O–H groups in total. The summed E-state index contributed by atoms with van der Waals surface area (Å²) < 4.78 is 5.91. The first-order valence-corrected chi connectivity index (χ1v) is 8.72. The first-order valence-electron chi connectivity index (χ1n) is 8.34. The van der Waals surface area contributed by atoms with Crippen LogP contribution in [-0.4, -0.2) is 19.9 Å². The van der Waals surface area contributed by atoms with Crippen LogP contribution in [0, 0.1) is 13.8 Å². The molecule has 134 valence electrons. The number of nitrogens with zero attached hydrogens (tertiary/aromatic N) is 4. The Morgan fingerprint density at radius 1 is 0.963 bits per heavy atom. The van der Waals surface area contributed by atoms with Crippen molar-refractivity contribution in [2.24, 2.45) is 0 Å². The van der Waals surface area contributed by atoms with E-state index < -0.39 is 0 Å². The summed E-state index contributed by atoms with van der Waals surface area (Å²) in [7, 11) is 0. The van der Waals surface area contributed by atoms with Gasteiger partial charge in [0.25, 0.3) is 0 Å². The number of halogens is 1. The van der Waals surface area contributed by atoms with Crippen molar-refractivity contribution in [2.75, 3.05) is 5.32 Å². The van der Waals surface area contributed by atoms with Crippen molar-refractivity contribution >= 4 is 34.1 Å². The van der Waals surface area contributed by atoms with E-state index in [2.05, 4.69) is 25.3 Å². The first kappa shape index (κ1) is 17.2. The van der Waals surface area contributed by atoms with E-state index in [-0.39, 0.29) is 0 Å². The Kier molecular flexibility index (Phi) is 4.56. The summed E-state index contributed by atoms with van der Waals surface area (Å²) in [5.74, 6) is 2.06. The molecule has 3 aromatic heterocycles. The molecule has 0 spiro atoms. The molecule has 4 rings (SSSR count). The van der Waals surface area contributed by atoms with Gasteiger partial charge in [-0.2, -0.15) is 0 Å². The van der Waals surface area contributed by atoms with E-state index in [9.17, 15) is 0 Å². The van der Waals surface area contributed by atoms with Crippen LogP contribution >= 0.6 is 11.6 Å². The summed E-state index contributed by atoms with van der Waals surface area (Å²) >= 11 is 6.01. The Balaban J connectivity index is 1.60. The SMILES string of the molecule is Cc1ccc(Oc2ccc(Nc3ncnc4ccc(Cl)nc34)cc2C)cn1. The number of rotatable bonds is 4. The first-order chi connectivity index (χ1) is 13.1. The molecule has 0 aliphatic rings. The van der Waals surface area contributed by atoms with Crippen LogP contribution in [0.5, 0.6) is 11.5 Å². The fourth-order valence-electron chi connectivity index (χ4n) is 2.63. The second kappa shape index (κ2) is 7.17. The van der Waals surface area contributed by atoms with Gasteiger partial charge in [-0.25, -0.2) is 15.0 Å². The number of pyridine rings is 2. The zero-order valence-corrected chi connectivity index (χ0v) is 15.5. The van der Waals surface area contributed by atoms with Gasteiger partial charge < -0.3 is 10.1 Å². The number of fused-ring (bicyclic) bond motifs is 1. The van der Waals surface area contributed by atoms with E-state index in [4.69, 9.17) is 16.3 Å². The smallest absolute Gasteiger partial charge is 0.160 e. The number of benzene rings is 1. The Bertz CT molecular complexity index is 1120. The van der Waals surface area contributed by atoms with Crippen LogP contribution < -0.4 is 10.1 Å². The minimum atomic E-state index is 0.395. The third-order valence-corrected chi connectivity index (χ3v) is 4.21. The van der Waals surface area contributed by atoms with Gasteiger partial charge in [0.1, 0.15) is 28.5 Å². The molecule has 0 unspecified atom stereocenters. The monoisotopic (exact) mass is 377 g/mol. The molecule has 0 saturated carbocycles. The van der Waals surface area contributed by atoms with Gasteiger partial charge in [-0.1, -0.05) is 11.6 Å². The summed E-state index contributed by atoms with van der Waals surface area (Å²) in [5.41, 5.74) is 4.13. The van der Waals surface area contributed by atoms with Crippen LogP contribution in [0.15, 0.2) is 55.0 Å². The van der Waals surface area contributed by atoms with E-state index in [1.807, 2.05) is 50.2 Å². The maximum Gasteiger partial charge on any atom is 0.160 e. The van der Waals surface area contributed by atoms with Crippen molar-refractivity contribution in [3.8, 4) is 11.5 Å². The summed E-state index contributed by atoms with van der Waals surface area (Å²) in [6.07, 6.45) is 3.21. The summed E-state index contributed by atoms with van der Waals surface area (Å²) in [5, 5.41) is 3.67. The van der Waals surface area contributed by atoms with Gasteiger partial charge in [0.05, 0.1) is 11.7 Å². The summed E-state index contributed by atoms with van der Waals surface area (Å²) in [6, 6.07) is 13.1. The second-order valence-electron chi connectivity index (χ2n) is 6.07. The molecule has 0 atom stereocenters. The highest BCUT2D eigenvalue weighted by atomic mass is 35.5. The highest BCUT2D eigenvalue weighted by Gasteiger charge is 2.08. The van der Waals surface area contributed by atoms with E-state index in [0.29, 0.717) is 22.2 Å². The molecule has 6 nitrogen and oxygen atoms in total. The van der Waals surface area contributed by atoms with Crippen LogP contribution in [0.25, 0.3) is 11.0 Å². The average Bonchev–Trinajstić information content (AvgIpc) is 2.66. The summed E-state index contributed by atoms with van der Waals surface area (Å²) in [6.45, 7) is 3.92. The quantitative estimate of drug-likeness (QED) is 0.491. The van der Waals surface area contributed by atoms with Crippen molar-refractivity contribution in [3.05, 3.63) is 71.4 Å². The third-order valence-electron chi connectivity index (χ3n) is 4.00. The van der Waals surface area contributed by atoms with Gasteiger partial charge in [-0.3, -0.25) is 4.98 Å². The molecule has 7 heteroatoms. The van der Waals surface area contributed by atoms with Crippen LogP contribution in [0.4, 0.5) is 11.5 Å². The van der Waals surface area contributed by atoms with Gasteiger partial charge in [0.15, 0.2) is 5.82 Å². The number of hydrogen-bond acceptors (Lipinski definition) is 6. The molecule has 0 aliphatic heterocycles. The highest BCUT2D eigenvalue weighted by molar-refractivity contribution is 6.29. The highest BCUT2D eigenvalue weighted by Crippen LogP contribution is 2.29. The molecular weight excluding hydrogens is 362 g/mol. The largest absolute Gasteiger partial charge is 0.455 e. The van der Waals surface area contributed by atoms with Gasteiger partial charge in [-0.15, -0.1) is 0 Å². The maximum absolute atomic E-state index is 6.01. The lowest BCUT2D eigenvalue weighted by Crippen LogP contribution is -1.98. The van der Waals surface area contributed by atoms with Crippen molar-refractivity contribution in [3.63, 3.8) is 0 Å². The van der Waals surface area contributed by atoms with Crippen molar-refractivity contribution in [1.29, 1.82) is 0 Å². The molecule has 3 heterocycles. The molecule has 0 amide bonds. The number of ether oxygens (including phenoxy) is 1. The van der Waals surface area contributed by atoms with Crippen molar-refractivity contribution < 1.29 is 4.74 Å². The van der Waals surface area contributed by atoms with Crippen LogP contribution in [0.3, 0.4) is 0 Å². The van der Waals surface area contributed by atoms with Gasteiger partial charge in [0.2, 0.25) is 0 Å². The Morgan fingerprint density at radius 2 is 1.85 bits per heavy atom. The lowest BCUT2D eigenvalue weighted by molar-refractivity contribution is 0.476. The fourth-order valence-corrected chi connectivity index (χ4v) is 2.78. The number of nitrogens with one attached hydrogen (secondary N) is 1. The van der Waals surface area contributed by atoms with E-state index in [1.165, 1.54) is 6.33 Å². The van der Waals surface area contributed by atoms with Crippen molar-refractivity contribution in [2.45, 2.75) is 13.8 Å². The lowest BCUT2D eigenvalue weighted by Gasteiger charge is -2.12. The number of anilines is 2. The molecule has 4 aromatic rings. The van der Waals surface area contributed by atoms with Crippen LogP contribution in [0.1, 0.15) is 11.3 Å². The molecule has 1 aromatic carbocycles. The Hall–Kier alpha value is -3.25. The average molecular weight is 378 g/mol. The zero-order chi connectivity index (χ0) is 18.8. The molecule has 0 saturated heterocycles. The van der Waals surface area contributed by atoms with E-state index >= 15 is 0 Å². The third kappa shape index (κ3) is 3.80. The maximum atomic E-state index is 6.01. The molecule has 0 bridgehead atoms. The molecule has 0 radical (unpaired) electrons.